The van der Waals surface area contributed by atoms with E-state index in [2.05, 4.69) is 24.3 Å². The number of carbonyl (C=O) groups is 1. The van der Waals surface area contributed by atoms with Gasteiger partial charge in [-0.25, -0.2) is 0 Å². The molecule has 0 unspecified atom stereocenters. The van der Waals surface area contributed by atoms with Crippen LogP contribution < -0.4 is 11.1 Å². The third-order valence-electron chi connectivity index (χ3n) is 3.05. The maximum absolute atomic E-state index is 11.8. The van der Waals surface area contributed by atoms with E-state index in [1.165, 1.54) is 0 Å². The highest BCUT2D eigenvalue weighted by atomic mass is 35.5. The normalized spacial score (nSPS) is 11.6. The zero-order valence-electron chi connectivity index (χ0n) is 13.6. The Labute approximate surface area is 136 Å². The van der Waals surface area contributed by atoms with Crippen LogP contribution in [0.5, 0.6) is 0 Å². The molecule has 0 spiro atoms. The molecular weight excluding hydrogens is 302 g/mol. The minimum Gasteiger partial charge on any atom is -0.384 e. The fourth-order valence-corrected chi connectivity index (χ4v) is 2.27. The molecule has 3 N–H and O–H groups in total. The molecule has 0 heterocycles. The van der Waals surface area contributed by atoms with Gasteiger partial charge in [-0.15, -0.1) is 0 Å². The Bertz CT molecular complexity index is 533. The first kappa shape index (κ1) is 18.3. The van der Waals surface area contributed by atoms with Crippen molar-refractivity contribution in [3.8, 4) is 0 Å². The number of carbonyl (C=O) groups excluding carboxylic acids is 1. The van der Waals surface area contributed by atoms with E-state index < -0.39 is 0 Å². The summed E-state index contributed by atoms with van der Waals surface area (Å²) in [6.07, 6.45) is 1.59. The van der Waals surface area contributed by atoms with Gasteiger partial charge in [0.05, 0.1) is 10.7 Å². The lowest BCUT2D eigenvalue weighted by Gasteiger charge is -2.11. The van der Waals surface area contributed by atoms with E-state index in [-0.39, 0.29) is 12.5 Å². The molecule has 22 heavy (non-hydrogen) atoms. The summed E-state index contributed by atoms with van der Waals surface area (Å²) in [6, 6.07) is 3.75. The van der Waals surface area contributed by atoms with Crippen molar-refractivity contribution >= 4 is 29.0 Å². The SMILES string of the molecule is Cc1cc(C)c(NC(=O)CO/N=C(\N)CCC(C)C)c(Cl)c1. The quantitative estimate of drug-likeness (QED) is 0.456. The van der Waals surface area contributed by atoms with Gasteiger partial charge >= 0.3 is 0 Å². The molecule has 1 rings (SSSR count). The summed E-state index contributed by atoms with van der Waals surface area (Å²) in [5.74, 6) is 0.615. The van der Waals surface area contributed by atoms with Gasteiger partial charge in [0.2, 0.25) is 0 Å². The van der Waals surface area contributed by atoms with E-state index in [1.807, 2.05) is 19.9 Å². The predicted octanol–water partition coefficient (Wildman–Crippen LogP) is 3.62. The molecule has 0 aromatic heterocycles. The Morgan fingerprint density at radius 2 is 2.09 bits per heavy atom. The fourth-order valence-electron chi connectivity index (χ4n) is 1.91. The first-order valence-electron chi connectivity index (χ1n) is 7.30. The summed E-state index contributed by atoms with van der Waals surface area (Å²) in [5, 5.41) is 6.97. The monoisotopic (exact) mass is 325 g/mol. The van der Waals surface area contributed by atoms with Crippen molar-refractivity contribution in [3.05, 3.63) is 28.3 Å². The number of nitrogens with two attached hydrogens (primary N) is 1. The molecule has 6 heteroatoms. The maximum Gasteiger partial charge on any atom is 0.265 e. The molecule has 1 aromatic rings. The van der Waals surface area contributed by atoms with Crippen molar-refractivity contribution in [2.75, 3.05) is 11.9 Å². The molecule has 0 atom stereocenters. The van der Waals surface area contributed by atoms with Crippen molar-refractivity contribution in [3.63, 3.8) is 0 Å². The standard InChI is InChI=1S/C16H24ClN3O2/c1-10(2)5-6-14(18)20-22-9-15(21)19-16-12(4)7-11(3)8-13(16)17/h7-8,10H,5-6,9H2,1-4H3,(H2,18,20)(H,19,21). The maximum atomic E-state index is 11.8. The highest BCUT2D eigenvalue weighted by molar-refractivity contribution is 6.34. The fraction of sp³-hybridized carbons (Fsp3) is 0.500. The smallest absolute Gasteiger partial charge is 0.265 e. The number of nitrogens with one attached hydrogen (secondary N) is 1. The molecule has 1 amide bonds. The van der Waals surface area contributed by atoms with Gasteiger partial charge in [0.25, 0.3) is 5.91 Å². The first-order chi connectivity index (χ1) is 10.3. The zero-order chi connectivity index (χ0) is 16.7. The molecule has 0 saturated heterocycles. The lowest BCUT2D eigenvalue weighted by molar-refractivity contribution is -0.120. The molecule has 1 aromatic carbocycles. The summed E-state index contributed by atoms with van der Waals surface area (Å²) in [4.78, 5) is 16.8. The first-order valence-corrected chi connectivity index (χ1v) is 7.68. The Morgan fingerprint density at radius 3 is 2.68 bits per heavy atom. The topological polar surface area (TPSA) is 76.7 Å². The van der Waals surface area contributed by atoms with Crippen LogP contribution in [0.1, 0.15) is 37.8 Å². The number of aryl methyl sites for hydroxylation is 2. The Morgan fingerprint density at radius 1 is 1.41 bits per heavy atom. The van der Waals surface area contributed by atoms with E-state index >= 15 is 0 Å². The number of amidine groups is 1. The van der Waals surface area contributed by atoms with E-state index in [0.717, 1.165) is 17.5 Å². The average Bonchev–Trinajstić information content (AvgIpc) is 2.40. The molecular formula is C16H24ClN3O2. The Balaban J connectivity index is 2.49. The lowest BCUT2D eigenvalue weighted by Crippen LogP contribution is -2.20. The van der Waals surface area contributed by atoms with E-state index in [1.54, 1.807) is 6.07 Å². The van der Waals surface area contributed by atoms with Crippen LogP contribution >= 0.6 is 11.6 Å². The molecule has 0 aliphatic rings. The zero-order valence-corrected chi connectivity index (χ0v) is 14.3. The molecule has 0 saturated carbocycles. The van der Waals surface area contributed by atoms with Crippen LogP contribution in [-0.2, 0) is 9.63 Å². The molecule has 0 bridgehead atoms. The number of anilines is 1. The van der Waals surface area contributed by atoms with Crippen molar-refractivity contribution in [1.82, 2.24) is 0 Å². The number of amides is 1. The van der Waals surface area contributed by atoms with Crippen molar-refractivity contribution < 1.29 is 9.63 Å². The number of benzene rings is 1. The lowest BCUT2D eigenvalue weighted by atomic mass is 10.1. The van der Waals surface area contributed by atoms with Gasteiger partial charge in [-0.1, -0.05) is 36.7 Å². The molecule has 122 valence electrons. The van der Waals surface area contributed by atoms with Crippen molar-refractivity contribution in [2.45, 2.75) is 40.5 Å². The van der Waals surface area contributed by atoms with Crippen LogP contribution in [0.3, 0.4) is 0 Å². The Hall–Kier alpha value is -1.75. The van der Waals surface area contributed by atoms with Gasteiger partial charge in [0.1, 0.15) is 5.84 Å². The summed E-state index contributed by atoms with van der Waals surface area (Å²) < 4.78 is 0. The third-order valence-corrected chi connectivity index (χ3v) is 3.35. The van der Waals surface area contributed by atoms with Gasteiger partial charge in [0.15, 0.2) is 6.61 Å². The van der Waals surface area contributed by atoms with Crippen LogP contribution in [0, 0.1) is 19.8 Å². The summed E-state index contributed by atoms with van der Waals surface area (Å²) in [7, 11) is 0. The van der Waals surface area contributed by atoms with E-state index in [4.69, 9.17) is 22.2 Å². The van der Waals surface area contributed by atoms with Crippen LogP contribution in [0.2, 0.25) is 5.02 Å². The van der Waals surface area contributed by atoms with E-state index in [9.17, 15) is 4.79 Å². The molecule has 0 fully saturated rings. The van der Waals surface area contributed by atoms with Crippen LogP contribution in [0.4, 0.5) is 5.69 Å². The molecule has 0 aliphatic carbocycles. The number of halogens is 1. The summed E-state index contributed by atoms with van der Waals surface area (Å²) in [6.45, 7) is 7.84. The second-order valence-corrected chi connectivity index (χ2v) is 6.18. The number of hydrogen-bond donors (Lipinski definition) is 2. The van der Waals surface area contributed by atoms with Gasteiger partial charge in [-0.3, -0.25) is 4.79 Å². The minimum atomic E-state index is -0.325. The minimum absolute atomic E-state index is 0.202. The third kappa shape index (κ3) is 6.35. The van der Waals surface area contributed by atoms with Crippen LogP contribution in [-0.4, -0.2) is 18.3 Å². The van der Waals surface area contributed by atoms with E-state index in [0.29, 0.717) is 28.9 Å². The van der Waals surface area contributed by atoms with Crippen LogP contribution in [0.15, 0.2) is 17.3 Å². The number of rotatable bonds is 7. The molecule has 5 nitrogen and oxygen atoms in total. The van der Waals surface area contributed by atoms with Gasteiger partial charge < -0.3 is 15.9 Å². The van der Waals surface area contributed by atoms with Crippen molar-refractivity contribution in [2.24, 2.45) is 16.8 Å². The summed E-state index contributed by atoms with van der Waals surface area (Å²) in [5.41, 5.74) is 8.24. The number of oxime groups is 1. The predicted molar refractivity (Wildman–Crippen MR) is 91.2 cm³/mol. The van der Waals surface area contributed by atoms with Gasteiger partial charge in [-0.2, -0.15) is 0 Å². The number of nitrogens with zero attached hydrogens (tertiary/aromatic N) is 1. The Kier molecular flexibility index (Phi) is 7.18. The molecule has 0 radical (unpaired) electrons. The summed E-state index contributed by atoms with van der Waals surface area (Å²) >= 11 is 6.13. The van der Waals surface area contributed by atoms with Crippen LogP contribution in [0.25, 0.3) is 0 Å². The second kappa shape index (κ2) is 8.63. The largest absolute Gasteiger partial charge is 0.384 e. The number of hydrogen-bond acceptors (Lipinski definition) is 3. The highest BCUT2D eigenvalue weighted by Crippen LogP contribution is 2.27. The molecule has 0 aliphatic heterocycles. The van der Waals surface area contributed by atoms with Gasteiger partial charge in [-0.05, 0) is 43.4 Å². The second-order valence-electron chi connectivity index (χ2n) is 5.78. The van der Waals surface area contributed by atoms with Gasteiger partial charge in [0, 0.05) is 6.42 Å². The average molecular weight is 326 g/mol. The highest BCUT2D eigenvalue weighted by Gasteiger charge is 2.10. The van der Waals surface area contributed by atoms with Crippen molar-refractivity contribution in [1.29, 1.82) is 0 Å².